The van der Waals surface area contributed by atoms with Gasteiger partial charge in [-0.15, -0.1) is 0 Å². The van der Waals surface area contributed by atoms with Gasteiger partial charge < -0.3 is 15.1 Å². The molecule has 0 saturated carbocycles. The number of alkyl halides is 1. The van der Waals surface area contributed by atoms with E-state index in [4.69, 9.17) is 4.18 Å². The van der Waals surface area contributed by atoms with E-state index in [2.05, 4.69) is 21.2 Å². The molecule has 0 bridgehead atoms. The number of halogens is 1. The van der Waals surface area contributed by atoms with Gasteiger partial charge >= 0.3 is 0 Å². The van der Waals surface area contributed by atoms with E-state index in [1.165, 1.54) is 12.1 Å². The highest BCUT2D eigenvalue weighted by Gasteiger charge is 2.24. The molecule has 0 aliphatic rings. The van der Waals surface area contributed by atoms with Crippen molar-refractivity contribution in [3.8, 4) is 0 Å². The Morgan fingerprint density at radius 3 is 2.45 bits per heavy atom. The maximum Gasteiger partial charge on any atom is 0.282 e. The van der Waals surface area contributed by atoms with Gasteiger partial charge in [0.2, 0.25) is 0 Å². The van der Waals surface area contributed by atoms with Crippen molar-refractivity contribution in [1.29, 1.82) is 0 Å². The molecule has 1 N–H and O–H groups in total. The molecule has 29 heavy (non-hydrogen) atoms. The van der Waals surface area contributed by atoms with Crippen LogP contribution < -0.4 is 10.2 Å². The fourth-order valence-corrected chi connectivity index (χ4v) is 3.40. The molecule has 0 atom stereocenters. The minimum Gasteiger partial charge on any atom is -0.368 e. The van der Waals surface area contributed by atoms with Gasteiger partial charge in [-0.2, -0.15) is 8.42 Å². The lowest BCUT2D eigenvalue weighted by atomic mass is 10.1. The van der Waals surface area contributed by atoms with Crippen LogP contribution >= 0.6 is 15.9 Å². The molecule has 0 aromatic heterocycles. The van der Waals surface area contributed by atoms with Crippen molar-refractivity contribution in [2.75, 3.05) is 63.4 Å². The molecular weight excluding hydrogens is 468 g/mol. The highest BCUT2D eigenvalue weighted by atomic mass is 79.9. The van der Waals surface area contributed by atoms with Crippen molar-refractivity contribution in [1.82, 2.24) is 10.2 Å². The Morgan fingerprint density at radius 2 is 1.93 bits per heavy atom. The first-order chi connectivity index (χ1) is 13.5. The lowest BCUT2D eigenvalue weighted by Gasteiger charge is -2.26. The van der Waals surface area contributed by atoms with Crippen molar-refractivity contribution < 1.29 is 22.3 Å². The van der Waals surface area contributed by atoms with Crippen LogP contribution in [0.1, 0.15) is 15.9 Å². The number of nitrogens with one attached hydrogen (secondary N) is 1. The summed E-state index contributed by atoms with van der Waals surface area (Å²) in [5.74, 6) is -0.536. The first-order valence-electron chi connectivity index (χ1n) is 8.83. The molecule has 0 fully saturated rings. The van der Waals surface area contributed by atoms with Crippen LogP contribution in [0.5, 0.6) is 0 Å². The molecule has 0 heterocycles. The van der Waals surface area contributed by atoms with Gasteiger partial charge in [-0.05, 0) is 32.6 Å². The quantitative estimate of drug-likeness (QED) is 0.200. The van der Waals surface area contributed by atoms with Crippen LogP contribution in [0.4, 0.5) is 11.4 Å². The van der Waals surface area contributed by atoms with Gasteiger partial charge in [0.05, 0.1) is 17.8 Å². The van der Waals surface area contributed by atoms with E-state index in [1.54, 1.807) is 6.92 Å². The monoisotopic (exact) mass is 494 g/mol. The maximum atomic E-state index is 12.6. The molecule has 1 rings (SSSR count). The second-order valence-corrected chi connectivity index (χ2v) is 9.11. The number of aryl methyl sites for hydroxylation is 1. The van der Waals surface area contributed by atoms with Crippen molar-refractivity contribution in [2.45, 2.75) is 6.92 Å². The van der Waals surface area contributed by atoms with Crippen LogP contribution in [-0.4, -0.2) is 82.6 Å². The normalized spacial score (nSPS) is 11.5. The molecule has 1 aromatic rings. The molecule has 0 unspecified atom stereocenters. The van der Waals surface area contributed by atoms with Gasteiger partial charge in [0, 0.05) is 43.3 Å². The SMILES string of the molecule is Cc1cc([N+](=O)[O-])c(C(=O)NCCN(C)C)cc1N(CCBr)CCOS(C)(=O)=O. The largest absolute Gasteiger partial charge is 0.368 e. The van der Waals surface area contributed by atoms with Gasteiger partial charge in [-0.1, -0.05) is 15.9 Å². The minimum absolute atomic E-state index is 0.0436. The molecule has 164 valence electrons. The van der Waals surface area contributed by atoms with Crippen molar-refractivity contribution in [2.24, 2.45) is 0 Å². The van der Waals surface area contributed by atoms with Crippen LogP contribution in [-0.2, 0) is 14.3 Å². The lowest BCUT2D eigenvalue weighted by Crippen LogP contribution is -2.33. The summed E-state index contributed by atoms with van der Waals surface area (Å²) < 4.78 is 27.2. The number of hydrogen-bond acceptors (Lipinski definition) is 8. The number of carbonyl (C=O) groups excluding carboxylic acids is 1. The maximum absolute atomic E-state index is 12.6. The third kappa shape index (κ3) is 8.64. The second-order valence-electron chi connectivity index (χ2n) is 6.67. The van der Waals surface area contributed by atoms with Crippen LogP contribution in [0.25, 0.3) is 0 Å². The fourth-order valence-electron chi connectivity index (χ4n) is 2.60. The van der Waals surface area contributed by atoms with Crippen molar-refractivity contribution in [3.05, 3.63) is 33.4 Å². The summed E-state index contributed by atoms with van der Waals surface area (Å²) in [6.07, 6.45) is 0.967. The van der Waals surface area contributed by atoms with E-state index in [1.807, 2.05) is 23.9 Å². The molecule has 0 aliphatic heterocycles. The predicted octanol–water partition coefficient (Wildman–Crippen LogP) is 1.37. The molecule has 1 aromatic carbocycles. The average Bonchev–Trinajstić information content (AvgIpc) is 2.59. The van der Waals surface area contributed by atoms with Crippen LogP contribution in [0.2, 0.25) is 0 Å². The number of rotatable bonds is 12. The summed E-state index contributed by atoms with van der Waals surface area (Å²) in [5, 5.41) is 14.7. The van der Waals surface area contributed by atoms with Gasteiger partial charge in [-0.25, -0.2) is 0 Å². The van der Waals surface area contributed by atoms with Crippen LogP contribution in [0, 0.1) is 17.0 Å². The molecule has 0 radical (unpaired) electrons. The van der Waals surface area contributed by atoms with Crippen LogP contribution in [0.15, 0.2) is 12.1 Å². The Hall–Kier alpha value is -1.76. The van der Waals surface area contributed by atoms with Crippen LogP contribution in [0.3, 0.4) is 0 Å². The Morgan fingerprint density at radius 1 is 1.28 bits per heavy atom. The molecule has 1 amide bonds. The number of anilines is 1. The number of nitrogens with zero attached hydrogens (tertiary/aromatic N) is 3. The molecule has 12 heteroatoms. The summed E-state index contributed by atoms with van der Waals surface area (Å²) in [4.78, 5) is 27.1. The van der Waals surface area contributed by atoms with E-state index in [0.717, 1.165) is 6.26 Å². The average molecular weight is 495 g/mol. The zero-order valence-corrected chi connectivity index (χ0v) is 19.4. The van der Waals surface area contributed by atoms with Gasteiger partial charge in [-0.3, -0.25) is 19.1 Å². The number of likely N-dealkylation sites (N-methyl/N-ethyl adjacent to an activating group) is 1. The fraction of sp³-hybridized carbons (Fsp3) is 0.588. The number of hydrogen-bond donors (Lipinski definition) is 1. The molecule has 0 aliphatic carbocycles. The smallest absolute Gasteiger partial charge is 0.282 e. The Labute approximate surface area is 179 Å². The van der Waals surface area contributed by atoms with Crippen molar-refractivity contribution >= 4 is 43.3 Å². The Bertz CT molecular complexity index is 831. The number of carbonyl (C=O) groups is 1. The van der Waals surface area contributed by atoms with Gasteiger partial charge in [0.15, 0.2) is 0 Å². The van der Waals surface area contributed by atoms with E-state index in [0.29, 0.717) is 36.2 Å². The minimum atomic E-state index is -3.58. The van der Waals surface area contributed by atoms with E-state index >= 15 is 0 Å². The summed E-state index contributed by atoms with van der Waals surface area (Å²) in [6.45, 7) is 3.30. The van der Waals surface area contributed by atoms with E-state index in [-0.39, 0.29) is 24.4 Å². The van der Waals surface area contributed by atoms with Gasteiger partial charge in [0.25, 0.3) is 21.7 Å². The third-order valence-corrected chi connectivity index (χ3v) is 4.90. The Kier molecular flexibility index (Phi) is 9.96. The first kappa shape index (κ1) is 25.3. The number of nitro groups is 1. The zero-order valence-electron chi connectivity index (χ0n) is 17.0. The van der Waals surface area contributed by atoms with Crippen molar-refractivity contribution in [3.63, 3.8) is 0 Å². The summed E-state index contributed by atoms with van der Waals surface area (Å²) in [6, 6.07) is 2.83. The first-order valence-corrected chi connectivity index (χ1v) is 11.8. The second kappa shape index (κ2) is 11.4. The number of nitro benzene ring substituents is 1. The molecular formula is C17H27BrN4O6S. The standard InChI is InChI=1S/C17H27BrN4O6S/c1-13-11-16(22(24)25)14(17(23)19-6-8-20(2)3)12-15(13)21(7-5-18)9-10-28-29(4,26)27/h11-12H,5-10H2,1-4H3,(H,19,23). The van der Waals surface area contributed by atoms with Gasteiger partial charge in [0.1, 0.15) is 5.56 Å². The molecule has 0 saturated heterocycles. The highest BCUT2D eigenvalue weighted by molar-refractivity contribution is 9.09. The topological polar surface area (TPSA) is 122 Å². The highest BCUT2D eigenvalue weighted by Crippen LogP contribution is 2.29. The number of amides is 1. The summed E-state index contributed by atoms with van der Waals surface area (Å²) >= 11 is 3.34. The zero-order chi connectivity index (χ0) is 22.2. The Balaban J connectivity index is 3.20. The lowest BCUT2D eigenvalue weighted by molar-refractivity contribution is -0.385. The molecule has 0 spiro atoms. The van der Waals surface area contributed by atoms with E-state index < -0.39 is 20.9 Å². The summed E-state index contributed by atoms with van der Waals surface area (Å²) in [5.41, 5.74) is 0.879. The number of benzene rings is 1. The third-order valence-electron chi connectivity index (χ3n) is 3.95. The molecule has 10 nitrogen and oxygen atoms in total. The predicted molar refractivity (Wildman–Crippen MR) is 116 cm³/mol. The summed E-state index contributed by atoms with van der Waals surface area (Å²) in [7, 11) is 0.133. The van der Waals surface area contributed by atoms with E-state index in [9.17, 15) is 23.3 Å².